The molecule has 0 aromatic heterocycles. The van der Waals surface area contributed by atoms with E-state index in [0.29, 0.717) is 4.48 Å². The fraction of sp³-hybridized carbons (Fsp3) is 0.111. The second kappa shape index (κ2) is 6.01. The van der Waals surface area contributed by atoms with Crippen molar-refractivity contribution >= 4 is 27.9 Å². The lowest BCUT2D eigenvalue weighted by molar-refractivity contribution is -0.129. The molecule has 0 spiro atoms. The lowest BCUT2D eigenvalue weighted by atomic mass is 9.82. The molecule has 3 amide bonds. The molecule has 0 atom stereocenters. The van der Waals surface area contributed by atoms with Crippen LogP contribution in [0.1, 0.15) is 11.1 Å². The molecule has 1 aliphatic rings. The van der Waals surface area contributed by atoms with Crippen LogP contribution in [0.4, 0.5) is 4.79 Å². The van der Waals surface area contributed by atoms with E-state index in [-0.39, 0.29) is 12.5 Å². The van der Waals surface area contributed by atoms with Crippen LogP contribution in [0.2, 0.25) is 0 Å². The van der Waals surface area contributed by atoms with Crippen molar-refractivity contribution in [2.45, 2.75) is 5.54 Å². The van der Waals surface area contributed by atoms with E-state index in [1.807, 2.05) is 60.7 Å². The summed E-state index contributed by atoms with van der Waals surface area (Å²) in [5, 5.41) is 2.88. The van der Waals surface area contributed by atoms with Gasteiger partial charge < -0.3 is 5.32 Å². The van der Waals surface area contributed by atoms with E-state index >= 15 is 0 Å². The zero-order chi connectivity index (χ0) is 16.4. The van der Waals surface area contributed by atoms with Gasteiger partial charge in [0.05, 0.1) is 6.54 Å². The van der Waals surface area contributed by atoms with Gasteiger partial charge in [-0.25, -0.2) is 4.79 Å². The van der Waals surface area contributed by atoms with Crippen LogP contribution in [0.15, 0.2) is 71.7 Å². The van der Waals surface area contributed by atoms with Crippen LogP contribution in [-0.4, -0.2) is 23.4 Å². The Bertz CT molecular complexity index is 720. The molecule has 116 valence electrons. The minimum atomic E-state index is -1.21. The number of carbonyl (C=O) groups is 2. The fourth-order valence-corrected chi connectivity index (χ4v) is 3.08. The summed E-state index contributed by atoms with van der Waals surface area (Å²) in [5.41, 5.74) is 0.252. The number of rotatable bonds is 4. The number of amides is 3. The van der Waals surface area contributed by atoms with Crippen LogP contribution >= 0.6 is 15.9 Å². The van der Waals surface area contributed by atoms with Gasteiger partial charge in [0.2, 0.25) is 0 Å². The Balaban J connectivity index is 2.17. The van der Waals surface area contributed by atoms with Gasteiger partial charge in [-0.2, -0.15) is 0 Å². The molecular formula is C18H15BrN2O2. The molecular weight excluding hydrogens is 356 g/mol. The first-order chi connectivity index (χ1) is 11.1. The van der Waals surface area contributed by atoms with E-state index in [1.54, 1.807) is 0 Å². The zero-order valence-electron chi connectivity index (χ0n) is 12.3. The van der Waals surface area contributed by atoms with Crippen molar-refractivity contribution in [2.24, 2.45) is 0 Å². The van der Waals surface area contributed by atoms with Crippen molar-refractivity contribution in [1.29, 1.82) is 0 Å². The SMILES string of the molecule is C=C(Br)CN1C(=O)NC(c2ccccc2)(c2ccccc2)C1=O. The summed E-state index contributed by atoms with van der Waals surface area (Å²) in [6.07, 6.45) is 0. The average Bonchev–Trinajstić information content (AvgIpc) is 2.82. The molecule has 1 aliphatic heterocycles. The maximum atomic E-state index is 13.2. The molecule has 2 aromatic carbocycles. The van der Waals surface area contributed by atoms with Crippen molar-refractivity contribution in [3.63, 3.8) is 0 Å². The summed E-state index contributed by atoms with van der Waals surface area (Å²) in [4.78, 5) is 26.7. The van der Waals surface area contributed by atoms with E-state index in [1.165, 1.54) is 4.90 Å². The number of nitrogens with zero attached hydrogens (tertiary/aromatic N) is 1. The van der Waals surface area contributed by atoms with Gasteiger partial charge in [0.1, 0.15) is 0 Å². The lowest BCUT2D eigenvalue weighted by Crippen LogP contribution is -2.45. The average molecular weight is 371 g/mol. The van der Waals surface area contributed by atoms with Gasteiger partial charge >= 0.3 is 6.03 Å². The number of hydrogen-bond donors (Lipinski definition) is 1. The molecule has 1 heterocycles. The normalized spacial score (nSPS) is 16.3. The van der Waals surface area contributed by atoms with Crippen LogP contribution in [0, 0.1) is 0 Å². The topological polar surface area (TPSA) is 49.4 Å². The largest absolute Gasteiger partial charge is 0.325 e. The van der Waals surface area contributed by atoms with Crippen molar-refractivity contribution in [3.8, 4) is 0 Å². The first-order valence-corrected chi connectivity index (χ1v) is 7.93. The Labute approximate surface area is 142 Å². The molecule has 4 nitrogen and oxygen atoms in total. The second-order valence-corrected chi connectivity index (χ2v) is 6.44. The summed E-state index contributed by atoms with van der Waals surface area (Å²) in [6, 6.07) is 18.1. The number of benzene rings is 2. The second-order valence-electron chi connectivity index (χ2n) is 5.32. The zero-order valence-corrected chi connectivity index (χ0v) is 13.9. The molecule has 0 unspecified atom stereocenters. The van der Waals surface area contributed by atoms with Gasteiger partial charge in [-0.1, -0.05) is 83.2 Å². The van der Waals surface area contributed by atoms with E-state index in [0.717, 1.165) is 11.1 Å². The molecule has 1 N–H and O–H groups in total. The number of carbonyl (C=O) groups excluding carboxylic acids is 2. The highest BCUT2D eigenvalue weighted by atomic mass is 79.9. The molecule has 0 radical (unpaired) electrons. The van der Waals surface area contributed by atoms with Crippen LogP contribution in [-0.2, 0) is 10.3 Å². The number of imide groups is 1. The summed E-state index contributed by atoms with van der Waals surface area (Å²) in [6.45, 7) is 3.85. The predicted molar refractivity (Wildman–Crippen MR) is 92.0 cm³/mol. The molecule has 0 aliphatic carbocycles. The smallest absolute Gasteiger partial charge is 0.315 e. The van der Waals surface area contributed by atoms with E-state index in [9.17, 15) is 9.59 Å². The van der Waals surface area contributed by atoms with Gasteiger partial charge in [0, 0.05) is 4.48 Å². The van der Waals surface area contributed by atoms with E-state index in [4.69, 9.17) is 0 Å². The Morgan fingerprint density at radius 2 is 1.48 bits per heavy atom. The third-order valence-corrected chi connectivity index (χ3v) is 4.10. The first-order valence-electron chi connectivity index (χ1n) is 7.14. The summed E-state index contributed by atoms with van der Waals surface area (Å²) in [5.74, 6) is -0.305. The molecule has 2 aromatic rings. The van der Waals surface area contributed by atoms with Gasteiger partial charge in [0.15, 0.2) is 5.54 Å². The van der Waals surface area contributed by atoms with E-state index in [2.05, 4.69) is 27.8 Å². The quantitative estimate of drug-likeness (QED) is 0.838. The summed E-state index contributed by atoms with van der Waals surface area (Å²) < 4.78 is 0.568. The molecule has 1 saturated heterocycles. The molecule has 5 heteroatoms. The first kappa shape index (κ1) is 15.5. The Kier molecular flexibility index (Phi) is 4.05. The van der Waals surface area contributed by atoms with Crippen molar-refractivity contribution in [1.82, 2.24) is 10.2 Å². The highest BCUT2D eigenvalue weighted by Crippen LogP contribution is 2.36. The fourth-order valence-electron chi connectivity index (χ4n) is 2.83. The summed E-state index contributed by atoms with van der Waals surface area (Å²) in [7, 11) is 0. The highest BCUT2D eigenvalue weighted by molar-refractivity contribution is 9.11. The molecule has 0 saturated carbocycles. The van der Waals surface area contributed by atoms with Crippen LogP contribution < -0.4 is 5.32 Å². The molecule has 0 bridgehead atoms. The van der Waals surface area contributed by atoms with Crippen LogP contribution in [0.5, 0.6) is 0 Å². The van der Waals surface area contributed by atoms with Gasteiger partial charge in [-0.05, 0) is 11.1 Å². The standard InChI is InChI=1S/C18H15BrN2O2/c1-13(19)12-21-16(22)18(20-17(21)23,14-8-4-2-5-9-14)15-10-6-3-7-11-15/h2-11H,1,12H2,(H,20,23). The number of halogens is 1. The number of nitrogens with one attached hydrogen (secondary N) is 1. The van der Waals surface area contributed by atoms with Crippen LogP contribution in [0.3, 0.4) is 0 Å². The van der Waals surface area contributed by atoms with E-state index < -0.39 is 11.6 Å². The van der Waals surface area contributed by atoms with Gasteiger partial charge in [-0.15, -0.1) is 0 Å². The minimum Gasteiger partial charge on any atom is -0.315 e. The Morgan fingerprint density at radius 3 is 1.91 bits per heavy atom. The summed E-state index contributed by atoms with van der Waals surface area (Å²) >= 11 is 3.22. The Hall–Kier alpha value is -2.40. The predicted octanol–water partition coefficient (Wildman–Crippen LogP) is 3.39. The van der Waals surface area contributed by atoms with Gasteiger partial charge in [0.25, 0.3) is 5.91 Å². The van der Waals surface area contributed by atoms with Crippen molar-refractivity contribution in [3.05, 3.63) is 82.9 Å². The lowest BCUT2D eigenvalue weighted by Gasteiger charge is -2.28. The monoisotopic (exact) mass is 370 g/mol. The molecule has 1 fully saturated rings. The van der Waals surface area contributed by atoms with Crippen molar-refractivity contribution < 1.29 is 9.59 Å². The van der Waals surface area contributed by atoms with Crippen molar-refractivity contribution in [2.75, 3.05) is 6.54 Å². The Morgan fingerprint density at radius 1 is 1.00 bits per heavy atom. The molecule has 23 heavy (non-hydrogen) atoms. The van der Waals surface area contributed by atoms with Gasteiger partial charge in [-0.3, -0.25) is 9.69 Å². The number of urea groups is 1. The maximum Gasteiger partial charge on any atom is 0.325 e. The van der Waals surface area contributed by atoms with Crippen LogP contribution in [0.25, 0.3) is 0 Å². The minimum absolute atomic E-state index is 0.131. The maximum absolute atomic E-state index is 13.2. The molecule has 3 rings (SSSR count). The third kappa shape index (κ3) is 2.57. The highest BCUT2D eigenvalue weighted by Gasteiger charge is 2.53. The number of hydrogen-bond acceptors (Lipinski definition) is 2. The third-order valence-electron chi connectivity index (χ3n) is 3.85.